The van der Waals surface area contributed by atoms with Crippen molar-refractivity contribution in [2.75, 3.05) is 13.1 Å². The third-order valence-electron chi connectivity index (χ3n) is 5.00. The van der Waals surface area contributed by atoms with Crippen LogP contribution in [0.15, 0.2) is 47.4 Å². The summed E-state index contributed by atoms with van der Waals surface area (Å²) in [5.41, 5.74) is 1.51. The smallest absolute Gasteiger partial charge is 0.243 e. The summed E-state index contributed by atoms with van der Waals surface area (Å²) < 4.78 is 27.2. The number of benzene rings is 2. The number of piperidine rings is 1. The van der Waals surface area contributed by atoms with Crippen molar-refractivity contribution >= 4 is 39.1 Å². The van der Waals surface area contributed by atoms with E-state index in [0.717, 1.165) is 11.1 Å². The molecule has 0 spiro atoms. The molecule has 0 saturated carbocycles. The van der Waals surface area contributed by atoms with Gasteiger partial charge in [-0.25, -0.2) is 8.42 Å². The van der Waals surface area contributed by atoms with Gasteiger partial charge in [0.25, 0.3) is 0 Å². The van der Waals surface area contributed by atoms with Crippen molar-refractivity contribution < 1.29 is 13.2 Å². The van der Waals surface area contributed by atoms with Gasteiger partial charge in [-0.05, 0) is 49.1 Å². The molecule has 1 fully saturated rings. The van der Waals surface area contributed by atoms with Crippen LogP contribution in [0.1, 0.15) is 24.0 Å². The van der Waals surface area contributed by atoms with E-state index in [2.05, 4.69) is 5.32 Å². The number of nitrogens with one attached hydrogen (secondary N) is 1. The Balaban J connectivity index is 1.57. The van der Waals surface area contributed by atoms with Crippen LogP contribution in [0.5, 0.6) is 0 Å². The van der Waals surface area contributed by atoms with Gasteiger partial charge in [-0.2, -0.15) is 4.31 Å². The third-order valence-corrected chi connectivity index (χ3v) is 7.65. The number of carbonyl (C=O) groups is 1. The first kappa shape index (κ1) is 21.1. The molecule has 0 atom stereocenters. The van der Waals surface area contributed by atoms with Gasteiger partial charge in [-0.1, -0.05) is 47.5 Å². The molecule has 3 rings (SSSR count). The normalized spacial score (nSPS) is 16.1. The minimum Gasteiger partial charge on any atom is -0.352 e. The van der Waals surface area contributed by atoms with Crippen molar-refractivity contribution in [2.45, 2.75) is 31.2 Å². The molecule has 150 valence electrons. The zero-order chi connectivity index (χ0) is 20.3. The highest BCUT2D eigenvalue weighted by atomic mass is 35.5. The van der Waals surface area contributed by atoms with Gasteiger partial charge >= 0.3 is 0 Å². The lowest BCUT2D eigenvalue weighted by Crippen LogP contribution is -2.43. The summed E-state index contributed by atoms with van der Waals surface area (Å²) in [6.07, 6.45) is 0.983. The summed E-state index contributed by atoms with van der Waals surface area (Å²) in [5.74, 6) is -0.298. The summed E-state index contributed by atoms with van der Waals surface area (Å²) in [5, 5.41) is 3.94. The van der Waals surface area contributed by atoms with Crippen LogP contribution in [0.4, 0.5) is 0 Å². The van der Waals surface area contributed by atoms with Crippen LogP contribution < -0.4 is 5.32 Å². The highest BCUT2D eigenvalue weighted by Crippen LogP contribution is 2.26. The summed E-state index contributed by atoms with van der Waals surface area (Å²) in [7, 11) is -3.54. The molecular formula is C20H22Cl2N2O3S. The van der Waals surface area contributed by atoms with Crippen LogP contribution in [-0.4, -0.2) is 31.7 Å². The predicted octanol–water partition coefficient (Wildman–Crippen LogP) is 4.02. The van der Waals surface area contributed by atoms with Crippen molar-refractivity contribution in [3.63, 3.8) is 0 Å². The number of sulfonamides is 1. The molecule has 1 amide bonds. The standard InChI is InChI=1S/C20H22Cl2N2O3S/c1-14-4-2-3-5-19(14)28(26,27)24-10-8-15(9-11-24)20(25)23-13-16-6-7-17(21)12-18(16)22/h2-7,12,15H,8-11,13H2,1H3,(H,23,25). The largest absolute Gasteiger partial charge is 0.352 e. The van der Waals surface area contributed by atoms with Crippen molar-refractivity contribution in [3.05, 3.63) is 63.6 Å². The van der Waals surface area contributed by atoms with Gasteiger partial charge in [0.1, 0.15) is 0 Å². The van der Waals surface area contributed by atoms with Gasteiger partial charge in [-0.15, -0.1) is 0 Å². The Bertz CT molecular complexity index is 971. The van der Waals surface area contributed by atoms with E-state index in [1.54, 1.807) is 43.3 Å². The maximum Gasteiger partial charge on any atom is 0.243 e. The molecule has 2 aromatic carbocycles. The SMILES string of the molecule is Cc1ccccc1S(=O)(=O)N1CCC(C(=O)NCc2ccc(Cl)cc2Cl)CC1. The predicted molar refractivity (Wildman–Crippen MR) is 111 cm³/mol. The van der Waals surface area contributed by atoms with Crippen LogP contribution in [0, 0.1) is 12.8 Å². The second-order valence-corrected chi connectivity index (χ2v) is 9.65. The Morgan fingerprint density at radius 3 is 2.46 bits per heavy atom. The van der Waals surface area contributed by atoms with Crippen molar-refractivity contribution in [3.8, 4) is 0 Å². The first-order valence-corrected chi connectivity index (χ1v) is 11.3. The molecule has 2 aromatic rings. The Labute approximate surface area is 175 Å². The monoisotopic (exact) mass is 440 g/mol. The number of hydrogen-bond donors (Lipinski definition) is 1. The van der Waals surface area contributed by atoms with Crippen LogP contribution in [0.2, 0.25) is 10.0 Å². The second-order valence-electron chi connectivity index (χ2n) is 6.90. The Morgan fingerprint density at radius 1 is 1.14 bits per heavy atom. The van der Waals surface area contributed by atoms with Crippen molar-refractivity contribution in [2.24, 2.45) is 5.92 Å². The van der Waals surface area contributed by atoms with Gasteiger partial charge in [-0.3, -0.25) is 4.79 Å². The van der Waals surface area contributed by atoms with E-state index < -0.39 is 10.0 Å². The summed E-state index contributed by atoms with van der Waals surface area (Å²) in [6.45, 7) is 2.76. The average molecular weight is 441 g/mol. The summed E-state index contributed by atoms with van der Waals surface area (Å²) in [4.78, 5) is 12.8. The summed E-state index contributed by atoms with van der Waals surface area (Å²) in [6, 6.07) is 12.1. The van der Waals surface area contributed by atoms with Gasteiger partial charge in [0.2, 0.25) is 15.9 Å². The third kappa shape index (κ3) is 4.69. The first-order chi connectivity index (χ1) is 13.3. The number of rotatable bonds is 5. The van der Waals surface area contributed by atoms with E-state index >= 15 is 0 Å². The molecule has 28 heavy (non-hydrogen) atoms. The fraction of sp³-hybridized carbons (Fsp3) is 0.350. The zero-order valence-electron chi connectivity index (χ0n) is 15.5. The van der Waals surface area contributed by atoms with Gasteiger partial charge in [0, 0.05) is 35.6 Å². The highest BCUT2D eigenvalue weighted by Gasteiger charge is 2.32. The number of amides is 1. The lowest BCUT2D eigenvalue weighted by atomic mass is 9.97. The lowest BCUT2D eigenvalue weighted by Gasteiger charge is -2.31. The van der Waals surface area contributed by atoms with Crippen LogP contribution in [-0.2, 0) is 21.4 Å². The molecule has 1 N–H and O–H groups in total. The minimum absolute atomic E-state index is 0.0843. The molecule has 1 saturated heterocycles. The van der Waals surface area contributed by atoms with Gasteiger partial charge < -0.3 is 5.32 Å². The van der Waals surface area contributed by atoms with Crippen LogP contribution >= 0.6 is 23.2 Å². The molecule has 1 aliphatic heterocycles. The number of hydrogen-bond acceptors (Lipinski definition) is 3. The average Bonchev–Trinajstić information content (AvgIpc) is 2.67. The van der Waals surface area contributed by atoms with E-state index in [1.165, 1.54) is 4.31 Å². The lowest BCUT2D eigenvalue weighted by molar-refractivity contribution is -0.126. The number of aryl methyl sites for hydroxylation is 1. The van der Waals surface area contributed by atoms with E-state index in [0.29, 0.717) is 47.4 Å². The van der Waals surface area contributed by atoms with E-state index in [1.807, 2.05) is 6.07 Å². The molecular weight excluding hydrogens is 419 g/mol. The molecule has 0 bridgehead atoms. The fourth-order valence-electron chi connectivity index (χ4n) is 3.34. The zero-order valence-corrected chi connectivity index (χ0v) is 17.8. The van der Waals surface area contributed by atoms with Crippen molar-refractivity contribution in [1.29, 1.82) is 0 Å². The maximum absolute atomic E-state index is 12.9. The van der Waals surface area contributed by atoms with Crippen LogP contribution in [0.25, 0.3) is 0 Å². The molecule has 1 heterocycles. The first-order valence-electron chi connectivity index (χ1n) is 9.06. The number of halogens is 2. The minimum atomic E-state index is -3.54. The fourth-order valence-corrected chi connectivity index (χ4v) is 5.51. The topological polar surface area (TPSA) is 66.5 Å². The van der Waals surface area contributed by atoms with E-state index in [9.17, 15) is 13.2 Å². The van der Waals surface area contributed by atoms with Gasteiger partial charge in [0.05, 0.1) is 4.90 Å². The number of nitrogens with zero attached hydrogens (tertiary/aromatic N) is 1. The maximum atomic E-state index is 12.9. The van der Waals surface area contributed by atoms with Crippen LogP contribution in [0.3, 0.4) is 0 Å². The second kappa shape index (κ2) is 8.82. The Kier molecular flexibility index (Phi) is 6.65. The number of carbonyl (C=O) groups excluding carboxylic acids is 1. The summed E-state index contributed by atoms with van der Waals surface area (Å²) >= 11 is 12.0. The molecule has 1 aliphatic rings. The molecule has 8 heteroatoms. The van der Waals surface area contributed by atoms with Crippen molar-refractivity contribution in [1.82, 2.24) is 9.62 Å². The molecule has 0 aliphatic carbocycles. The highest BCUT2D eigenvalue weighted by molar-refractivity contribution is 7.89. The molecule has 0 unspecified atom stereocenters. The van der Waals surface area contributed by atoms with E-state index in [4.69, 9.17) is 23.2 Å². The van der Waals surface area contributed by atoms with Gasteiger partial charge in [0.15, 0.2) is 0 Å². The van der Waals surface area contributed by atoms with E-state index in [-0.39, 0.29) is 11.8 Å². The molecule has 0 radical (unpaired) electrons. The Morgan fingerprint density at radius 2 is 1.82 bits per heavy atom. The molecule has 5 nitrogen and oxygen atoms in total. The molecule has 0 aromatic heterocycles. The Hall–Kier alpha value is -1.60. The quantitative estimate of drug-likeness (QED) is 0.762.